The lowest BCUT2D eigenvalue weighted by atomic mass is 10.0. The van der Waals surface area contributed by atoms with E-state index in [0.717, 1.165) is 18.0 Å². The zero-order valence-electron chi connectivity index (χ0n) is 12.1. The number of nitrogens with one attached hydrogen (secondary N) is 1. The van der Waals surface area contributed by atoms with Gasteiger partial charge in [-0.3, -0.25) is 0 Å². The maximum atomic E-state index is 6.17. The molecule has 0 saturated carbocycles. The number of rotatable bonds is 6. The smallest absolute Gasteiger partial charge is 0.174 e. The number of thiophene rings is 1. The molecular formula is C18H19NOS. The van der Waals surface area contributed by atoms with Crippen molar-refractivity contribution in [2.75, 3.05) is 13.6 Å². The Kier molecular flexibility index (Phi) is 4.53. The molecule has 0 aliphatic heterocycles. The van der Waals surface area contributed by atoms with Crippen LogP contribution in [0, 0.1) is 0 Å². The van der Waals surface area contributed by atoms with Crippen molar-refractivity contribution in [1.29, 1.82) is 0 Å². The van der Waals surface area contributed by atoms with Crippen LogP contribution in [-0.4, -0.2) is 13.6 Å². The quantitative estimate of drug-likeness (QED) is 0.716. The minimum Gasteiger partial charge on any atom is -0.476 e. The highest BCUT2D eigenvalue weighted by Gasteiger charge is 2.14. The van der Waals surface area contributed by atoms with Crippen molar-refractivity contribution in [3.05, 3.63) is 65.5 Å². The highest BCUT2D eigenvalue weighted by Crippen LogP contribution is 2.29. The monoisotopic (exact) mass is 297 g/mol. The van der Waals surface area contributed by atoms with E-state index in [1.54, 1.807) is 11.3 Å². The lowest BCUT2D eigenvalue weighted by Crippen LogP contribution is -2.16. The normalized spacial score (nSPS) is 12.4. The van der Waals surface area contributed by atoms with Crippen molar-refractivity contribution in [2.45, 2.75) is 12.5 Å². The van der Waals surface area contributed by atoms with E-state index in [9.17, 15) is 0 Å². The topological polar surface area (TPSA) is 21.3 Å². The van der Waals surface area contributed by atoms with Gasteiger partial charge >= 0.3 is 0 Å². The molecule has 108 valence electrons. The van der Waals surface area contributed by atoms with Gasteiger partial charge in [-0.05, 0) is 53.5 Å². The van der Waals surface area contributed by atoms with Gasteiger partial charge in [-0.2, -0.15) is 0 Å². The second kappa shape index (κ2) is 6.74. The lowest BCUT2D eigenvalue weighted by Gasteiger charge is -2.19. The Morgan fingerprint density at radius 2 is 1.90 bits per heavy atom. The molecule has 1 N–H and O–H groups in total. The standard InChI is InChI=1S/C18H19NOS/c1-19-11-10-17(20-18-7-4-12-21-18)16-9-8-14-5-2-3-6-15(14)13-16/h2-9,12-13,17,19H,10-11H2,1H3. The van der Waals surface area contributed by atoms with Crippen LogP contribution in [0.2, 0.25) is 0 Å². The number of benzene rings is 2. The first-order valence-corrected chi connectivity index (χ1v) is 8.08. The third kappa shape index (κ3) is 3.43. The molecule has 1 aromatic heterocycles. The highest BCUT2D eigenvalue weighted by atomic mass is 32.1. The fraction of sp³-hybridized carbons (Fsp3) is 0.222. The van der Waals surface area contributed by atoms with Gasteiger partial charge < -0.3 is 10.1 Å². The molecule has 2 aromatic carbocycles. The minimum atomic E-state index is 0.0840. The second-order valence-corrected chi connectivity index (χ2v) is 5.95. The summed E-state index contributed by atoms with van der Waals surface area (Å²) in [6.45, 7) is 0.933. The van der Waals surface area contributed by atoms with Crippen LogP contribution in [0.4, 0.5) is 0 Å². The van der Waals surface area contributed by atoms with Gasteiger partial charge in [-0.15, -0.1) is 11.3 Å². The van der Waals surface area contributed by atoms with Crippen molar-refractivity contribution in [3.63, 3.8) is 0 Å². The Morgan fingerprint density at radius 3 is 2.67 bits per heavy atom. The van der Waals surface area contributed by atoms with Crippen LogP contribution >= 0.6 is 11.3 Å². The second-order valence-electron chi connectivity index (χ2n) is 5.04. The summed E-state index contributed by atoms with van der Waals surface area (Å²) in [5, 5.41) is 8.76. The molecule has 0 amide bonds. The summed E-state index contributed by atoms with van der Waals surface area (Å²) in [5.74, 6) is 0. The molecule has 0 spiro atoms. The Morgan fingerprint density at radius 1 is 1.05 bits per heavy atom. The molecule has 1 heterocycles. The van der Waals surface area contributed by atoms with E-state index in [1.807, 2.05) is 24.6 Å². The van der Waals surface area contributed by atoms with Gasteiger partial charge in [0.1, 0.15) is 6.10 Å². The van der Waals surface area contributed by atoms with Crippen LogP contribution in [0.1, 0.15) is 18.1 Å². The largest absolute Gasteiger partial charge is 0.476 e. The van der Waals surface area contributed by atoms with Crippen LogP contribution in [0.15, 0.2) is 60.0 Å². The molecular weight excluding hydrogens is 278 g/mol. The zero-order valence-corrected chi connectivity index (χ0v) is 12.9. The van der Waals surface area contributed by atoms with Crippen molar-refractivity contribution in [3.8, 4) is 5.06 Å². The molecule has 3 rings (SSSR count). The van der Waals surface area contributed by atoms with E-state index in [-0.39, 0.29) is 6.10 Å². The number of ether oxygens (including phenoxy) is 1. The minimum absolute atomic E-state index is 0.0840. The number of hydrogen-bond donors (Lipinski definition) is 1. The van der Waals surface area contributed by atoms with E-state index >= 15 is 0 Å². The van der Waals surface area contributed by atoms with Crippen molar-refractivity contribution in [1.82, 2.24) is 5.32 Å². The maximum absolute atomic E-state index is 6.17. The fourth-order valence-corrected chi connectivity index (χ4v) is 3.07. The summed E-state index contributed by atoms with van der Waals surface area (Å²) in [7, 11) is 1.97. The van der Waals surface area contributed by atoms with E-state index in [2.05, 4.69) is 47.8 Å². The van der Waals surface area contributed by atoms with E-state index in [4.69, 9.17) is 4.74 Å². The summed E-state index contributed by atoms with van der Waals surface area (Å²) in [6, 6.07) is 19.1. The van der Waals surface area contributed by atoms with Crippen LogP contribution in [0.5, 0.6) is 5.06 Å². The molecule has 0 aliphatic rings. The van der Waals surface area contributed by atoms with Gasteiger partial charge in [0.25, 0.3) is 0 Å². The SMILES string of the molecule is CNCCC(Oc1cccs1)c1ccc2ccccc2c1. The first-order valence-electron chi connectivity index (χ1n) is 7.20. The Hall–Kier alpha value is -1.84. The number of fused-ring (bicyclic) bond motifs is 1. The molecule has 21 heavy (non-hydrogen) atoms. The summed E-state index contributed by atoms with van der Waals surface area (Å²) in [6.07, 6.45) is 1.04. The van der Waals surface area contributed by atoms with Crippen molar-refractivity contribution >= 4 is 22.1 Å². The molecule has 0 fully saturated rings. The Balaban J connectivity index is 1.89. The van der Waals surface area contributed by atoms with Gasteiger partial charge in [0.05, 0.1) is 0 Å². The highest BCUT2D eigenvalue weighted by molar-refractivity contribution is 7.11. The van der Waals surface area contributed by atoms with Gasteiger partial charge in [0.2, 0.25) is 0 Å². The molecule has 0 bridgehead atoms. The lowest BCUT2D eigenvalue weighted by molar-refractivity contribution is 0.201. The molecule has 3 heteroatoms. The van der Waals surface area contributed by atoms with Gasteiger partial charge in [-0.25, -0.2) is 0 Å². The molecule has 0 aliphatic carbocycles. The number of hydrogen-bond acceptors (Lipinski definition) is 3. The molecule has 1 atom stereocenters. The van der Waals surface area contributed by atoms with Crippen LogP contribution in [0.25, 0.3) is 10.8 Å². The summed E-state index contributed by atoms with van der Waals surface area (Å²) < 4.78 is 6.17. The Bertz CT molecular complexity index is 693. The van der Waals surface area contributed by atoms with Gasteiger partial charge in [0.15, 0.2) is 5.06 Å². The van der Waals surface area contributed by atoms with Crippen LogP contribution in [-0.2, 0) is 0 Å². The molecule has 3 aromatic rings. The molecule has 0 saturated heterocycles. The molecule has 1 unspecified atom stereocenters. The maximum Gasteiger partial charge on any atom is 0.174 e. The third-order valence-corrected chi connectivity index (χ3v) is 4.31. The average molecular weight is 297 g/mol. The van der Waals surface area contributed by atoms with E-state index < -0.39 is 0 Å². The zero-order chi connectivity index (χ0) is 14.5. The summed E-state index contributed by atoms with van der Waals surface area (Å²) >= 11 is 1.64. The van der Waals surface area contributed by atoms with Crippen LogP contribution < -0.4 is 10.1 Å². The average Bonchev–Trinajstić information content (AvgIpc) is 3.04. The first kappa shape index (κ1) is 14.1. The van der Waals surface area contributed by atoms with Crippen molar-refractivity contribution < 1.29 is 4.74 Å². The van der Waals surface area contributed by atoms with Gasteiger partial charge in [0, 0.05) is 6.42 Å². The van der Waals surface area contributed by atoms with E-state index in [0.29, 0.717) is 0 Å². The Labute approximate surface area is 129 Å². The van der Waals surface area contributed by atoms with Gasteiger partial charge in [-0.1, -0.05) is 36.4 Å². The molecule has 0 radical (unpaired) electrons. The third-order valence-electron chi connectivity index (χ3n) is 3.56. The molecule has 2 nitrogen and oxygen atoms in total. The van der Waals surface area contributed by atoms with Crippen molar-refractivity contribution in [2.24, 2.45) is 0 Å². The summed E-state index contributed by atoms with van der Waals surface area (Å²) in [5.41, 5.74) is 1.23. The van der Waals surface area contributed by atoms with E-state index in [1.165, 1.54) is 16.3 Å². The fourth-order valence-electron chi connectivity index (χ4n) is 2.45. The van der Waals surface area contributed by atoms with Crippen LogP contribution in [0.3, 0.4) is 0 Å². The summed E-state index contributed by atoms with van der Waals surface area (Å²) in [4.78, 5) is 0. The predicted molar refractivity (Wildman–Crippen MR) is 90.2 cm³/mol. The first-order chi connectivity index (χ1) is 10.4. The predicted octanol–water partition coefficient (Wildman–Crippen LogP) is 4.63.